The zero-order valence-electron chi connectivity index (χ0n) is 1.56. The molecule has 0 unspecified atom stereocenters. The van der Waals surface area contributed by atoms with Crippen LogP contribution < -0.4 is 5.73 Å². The van der Waals surface area contributed by atoms with Gasteiger partial charge in [0.15, 0.2) is 0 Å². The van der Waals surface area contributed by atoms with Crippen LogP contribution in [0.4, 0.5) is 0 Å². The molecule has 0 rings (SSSR count). The second-order valence-electron chi connectivity index (χ2n) is 0.136. The summed E-state index contributed by atoms with van der Waals surface area (Å²) in [7, 11) is 0. The van der Waals surface area contributed by atoms with Crippen LogP contribution in [-0.2, 0) is 4.79 Å². The molecule has 0 heterocycles. The van der Waals surface area contributed by atoms with Crippen molar-refractivity contribution in [1.29, 1.82) is 0 Å². The van der Waals surface area contributed by atoms with Gasteiger partial charge in [-0.2, -0.15) is 0 Å². The Morgan fingerprint density at radius 2 is 1.75 bits per heavy atom. The molecule has 0 aromatic heterocycles. The van der Waals surface area contributed by atoms with Gasteiger partial charge in [-0.25, -0.2) is 0 Å². The van der Waals surface area contributed by atoms with Crippen molar-refractivity contribution in [2.24, 2.45) is 5.73 Å². The SMILES string of the molecule is NC=O.[GaH3]. The number of rotatable bonds is 0. The van der Waals surface area contributed by atoms with Crippen molar-refractivity contribution in [3.63, 3.8) is 0 Å². The van der Waals surface area contributed by atoms with Crippen LogP contribution in [0.2, 0.25) is 0 Å². The maximum atomic E-state index is 8.58. The summed E-state index contributed by atoms with van der Waals surface area (Å²) in [5.74, 6) is 0. The molecule has 0 saturated heterocycles. The average molecular weight is 118 g/mol. The average Bonchev–Trinajstić information content (AvgIpc) is 0.918. The molecule has 2 N–H and O–H groups in total. The predicted molar refractivity (Wildman–Crippen MR) is 20.2 cm³/mol. The van der Waals surface area contributed by atoms with E-state index >= 15 is 0 Å². The first-order valence-electron chi connectivity index (χ1n) is 0.569. The van der Waals surface area contributed by atoms with Crippen LogP contribution in [0.15, 0.2) is 0 Å². The molecule has 0 aromatic carbocycles. The van der Waals surface area contributed by atoms with E-state index in [2.05, 4.69) is 5.73 Å². The quantitative estimate of drug-likeness (QED) is 0.287. The molecular weight excluding hydrogens is 112 g/mol. The van der Waals surface area contributed by atoms with Crippen LogP contribution in [0.1, 0.15) is 0 Å². The zero-order chi connectivity index (χ0) is 2.71. The molecular formula is CH6GaNO. The Bertz CT molecular complexity index is 15.5. The van der Waals surface area contributed by atoms with Gasteiger partial charge < -0.3 is 5.73 Å². The number of hydrogen-bond donors (Lipinski definition) is 1. The van der Waals surface area contributed by atoms with Gasteiger partial charge in [0, 0.05) is 0 Å². The van der Waals surface area contributed by atoms with E-state index in [1.165, 1.54) is 0 Å². The molecule has 0 bridgehead atoms. The summed E-state index contributed by atoms with van der Waals surface area (Å²) in [5.41, 5.74) is 4.17. The first-order chi connectivity index (χ1) is 1.41. The van der Waals surface area contributed by atoms with E-state index in [9.17, 15) is 0 Å². The van der Waals surface area contributed by atoms with E-state index in [1.807, 2.05) is 0 Å². The second kappa shape index (κ2) is 11.3. The standard InChI is InChI=1S/CH3NO.Ga.3H/c2-1-3;;;;/h1H,(H2,2,3);;;;. The van der Waals surface area contributed by atoms with Crippen LogP contribution >= 0.6 is 0 Å². The third-order valence-electron chi connectivity index (χ3n) is 0. The Hall–Kier alpha value is 0.106. The molecule has 3 heteroatoms. The van der Waals surface area contributed by atoms with Crippen molar-refractivity contribution >= 4 is 26.2 Å². The van der Waals surface area contributed by atoms with E-state index in [4.69, 9.17) is 4.79 Å². The normalized spacial score (nSPS) is 3.00. The molecule has 24 valence electrons. The predicted octanol–water partition coefficient (Wildman–Crippen LogP) is -2.08. The van der Waals surface area contributed by atoms with Gasteiger partial charge in [-0.3, -0.25) is 4.79 Å². The Morgan fingerprint density at radius 1 is 1.75 bits per heavy atom. The molecule has 2 nitrogen and oxygen atoms in total. The number of hydrogen-bond acceptors (Lipinski definition) is 1. The Labute approximate surface area is 37.4 Å². The fourth-order valence-electron chi connectivity index (χ4n) is 0. The summed E-state index contributed by atoms with van der Waals surface area (Å²) in [4.78, 5) is 8.58. The van der Waals surface area contributed by atoms with E-state index in [0.29, 0.717) is 0 Å². The fraction of sp³-hybridized carbons (Fsp3) is 0. The number of carbonyl (C=O) groups is 1. The van der Waals surface area contributed by atoms with E-state index < -0.39 is 0 Å². The zero-order valence-corrected chi connectivity index (χ0v) is 1.56. The number of amides is 1. The maximum absolute atomic E-state index is 8.58. The van der Waals surface area contributed by atoms with Gasteiger partial charge >= 0.3 is 19.8 Å². The third-order valence-corrected chi connectivity index (χ3v) is 0. The van der Waals surface area contributed by atoms with Gasteiger partial charge in [-0.05, 0) is 0 Å². The molecule has 0 aliphatic carbocycles. The van der Waals surface area contributed by atoms with Gasteiger partial charge in [0.2, 0.25) is 6.41 Å². The summed E-state index contributed by atoms with van der Waals surface area (Å²) >= 11 is 0. The van der Waals surface area contributed by atoms with Crippen LogP contribution in [0, 0.1) is 0 Å². The van der Waals surface area contributed by atoms with Crippen molar-refractivity contribution in [3.8, 4) is 0 Å². The summed E-state index contributed by atoms with van der Waals surface area (Å²) in [6, 6.07) is 0. The van der Waals surface area contributed by atoms with Crippen molar-refractivity contribution < 1.29 is 4.79 Å². The van der Waals surface area contributed by atoms with Gasteiger partial charge in [-0.15, -0.1) is 0 Å². The minimum absolute atomic E-state index is 0. The van der Waals surface area contributed by atoms with Crippen LogP contribution in [-0.4, -0.2) is 26.2 Å². The third kappa shape index (κ3) is 228. The molecule has 0 aromatic rings. The first kappa shape index (κ1) is 8.93. The summed E-state index contributed by atoms with van der Waals surface area (Å²) in [5, 5.41) is 0. The first-order valence-corrected chi connectivity index (χ1v) is 0.569. The van der Waals surface area contributed by atoms with Gasteiger partial charge in [-0.1, -0.05) is 0 Å². The van der Waals surface area contributed by atoms with E-state index in [-0.39, 0.29) is 26.2 Å². The van der Waals surface area contributed by atoms with E-state index in [1.54, 1.807) is 0 Å². The molecule has 1 amide bonds. The summed E-state index contributed by atoms with van der Waals surface area (Å²) in [6.45, 7) is 0. The monoisotopic (exact) mass is 117 g/mol. The van der Waals surface area contributed by atoms with Gasteiger partial charge in [0.25, 0.3) is 0 Å². The Balaban J connectivity index is 0. The van der Waals surface area contributed by atoms with Crippen LogP contribution in [0.25, 0.3) is 0 Å². The number of carbonyl (C=O) groups excluding carboxylic acids is 1. The molecule has 0 spiro atoms. The Morgan fingerprint density at radius 3 is 1.75 bits per heavy atom. The Kier molecular flexibility index (Phi) is 25.1. The second-order valence-corrected chi connectivity index (χ2v) is 0.136. The van der Waals surface area contributed by atoms with Crippen LogP contribution in [0.3, 0.4) is 0 Å². The fourth-order valence-corrected chi connectivity index (χ4v) is 0. The van der Waals surface area contributed by atoms with Gasteiger partial charge in [0.05, 0.1) is 0 Å². The number of nitrogens with two attached hydrogens (primary N) is 1. The molecule has 0 saturated carbocycles. The summed E-state index contributed by atoms with van der Waals surface area (Å²) in [6.07, 6.45) is 0.250. The van der Waals surface area contributed by atoms with Crippen molar-refractivity contribution in [2.45, 2.75) is 0 Å². The van der Waals surface area contributed by atoms with Crippen LogP contribution in [0.5, 0.6) is 0 Å². The molecule has 0 aliphatic heterocycles. The van der Waals surface area contributed by atoms with E-state index in [0.717, 1.165) is 0 Å². The summed E-state index contributed by atoms with van der Waals surface area (Å²) < 4.78 is 0. The minimum atomic E-state index is 0. The topological polar surface area (TPSA) is 43.1 Å². The van der Waals surface area contributed by atoms with Gasteiger partial charge in [0.1, 0.15) is 0 Å². The number of primary amides is 1. The molecule has 0 aliphatic rings. The van der Waals surface area contributed by atoms with Crippen molar-refractivity contribution in [2.75, 3.05) is 0 Å². The molecule has 4 heavy (non-hydrogen) atoms. The molecule has 0 atom stereocenters. The van der Waals surface area contributed by atoms with Crippen molar-refractivity contribution in [3.05, 3.63) is 0 Å². The molecule has 0 fully saturated rings. The molecule has 0 radical (unpaired) electrons. The van der Waals surface area contributed by atoms with Crippen molar-refractivity contribution in [1.82, 2.24) is 0 Å².